The van der Waals surface area contributed by atoms with E-state index in [4.69, 9.17) is 0 Å². The van der Waals surface area contributed by atoms with Crippen molar-refractivity contribution >= 4 is 0 Å². The number of hydrogen-bond acceptors (Lipinski definition) is 2. The SMILES string of the molecule is Cc1cnc(C)n1CC1CCCNC1. The molecule has 0 bridgehead atoms. The summed E-state index contributed by atoms with van der Waals surface area (Å²) < 4.78 is 2.33. The summed E-state index contributed by atoms with van der Waals surface area (Å²) in [6.07, 6.45) is 4.63. The van der Waals surface area contributed by atoms with E-state index in [-0.39, 0.29) is 0 Å². The standard InChI is InChI=1S/C11H19N3/c1-9-6-13-10(2)14(9)8-11-4-3-5-12-7-11/h6,11-12H,3-5,7-8H2,1-2H3. The monoisotopic (exact) mass is 193 g/mol. The number of piperidine rings is 1. The maximum absolute atomic E-state index is 4.32. The molecule has 1 fully saturated rings. The fraction of sp³-hybridized carbons (Fsp3) is 0.727. The highest BCUT2D eigenvalue weighted by Crippen LogP contribution is 2.14. The second kappa shape index (κ2) is 4.13. The van der Waals surface area contributed by atoms with Crippen molar-refractivity contribution in [1.82, 2.24) is 14.9 Å². The van der Waals surface area contributed by atoms with Crippen LogP contribution in [-0.4, -0.2) is 22.6 Å². The zero-order valence-corrected chi connectivity index (χ0v) is 9.08. The summed E-state index contributed by atoms with van der Waals surface area (Å²) in [5.74, 6) is 1.93. The Bertz CT molecular complexity index is 278. The van der Waals surface area contributed by atoms with Gasteiger partial charge in [0.1, 0.15) is 5.82 Å². The molecule has 1 atom stereocenters. The predicted octanol–water partition coefficient (Wildman–Crippen LogP) is 1.50. The number of nitrogens with one attached hydrogen (secondary N) is 1. The first-order valence-electron chi connectivity index (χ1n) is 5.47. The van der Waals surface area contributed by atoms with Crippen LogP contribution in [-0.2, 0) is 6.54 Å². The molecule has 0 amide bonds. The van der Waals surface area contributed by atoms with Gasteiger partial charge in [-0.05, 0) is 45.7 Å². The molecule has 1 aliphatic heterocycles. The number of aromatic nitrogens is 2. The van der Waals surface area contributed by atoms with Gasteiger partial charge in [-0.15, -0.1) is 0 Å². The molecule has 14 heavy (non-hydrogen) atoms. The van der Waals surface area contributed by atoms with Crippen LogP contribution in [0, 0.1) is 19.8 Å². The topological polar surface area (TPSA) is 29.9 Å². The van der Waals surface area contributed by atoms with Crippen LogP contribution in [0.4, 0.5) is 0 Å². The summed E-state index contributed by atoms with van der Waals surface area (Å²) in [7, 11) is 0. The molecule has 1 aliphatic rings. The van der Waals surface area contributed by atoms with Crippen LogP contribution in [0.5, 0.6) is 0 Å². The van der Waals surface area contributed by atoms with Crippen molar-refractivity contribution in [3.63, 3.8) is 0 Å². The van der Waals surface area contributed by atoms with Gasteiger partial charge < -0.3 is 9.88 Å². The van der Waals surface area contributed by atoms with E-state index in [1.54, 1.807) is 0 Å². The van der Waals surface area contributed by atoms with Crippen LogP contribution in [0.25, 0.3) is 0 Å². The fourth-order valence-electron chi connectivity index (χ4n) is 2.20. The minimum absolute atomic E-state index is 0.787. The van der Waals surface area contributed by atoms with Crippen molar-refractivity contribution in [2.75, 3.05) is 13.1 Å². The fourth-order valence-corrected chi connectivity index (χ4v) is 2.20. The first-order valence-corrected chi connectivity index (χ1v) is 5.47. The summed E-state index contributed by atoms with van der Waals surface area (Å²) in [5.41, 5.74) is 1.29. The van der Waals surface area contributed by atoms with Crippen LogP contribution >= 0.6 is 0 Å². The Morgan fingerprint density at radius 1 is 1.57 bits per heavy atom. The van der Waals surface area contributed by atoms with Crippen molar-refractivity contribution in [1.29, 1.82) is 0 Å². The van der Waals surface area contributed by atoms with Crippen molar-refractivity contribution in [3.05, 3.63) is 17.7 Å². The van der Waals surface area contributed by atoms with Gasteiger partial charge >= 0.3 is 0 Å². The van der Waals surface area contributed by atoms with Gasteiger partial charge in [-0.3, -0.25) is 0 Å². The average Bonchev–Trinajstić information content (AvgIpc) is 2.51. The third kappa shape index (κ3) is 1.98. The van der Waals surface area contributed by atoms with Gasteiger partial charge in [0.15, 0.2) is 0 Å². The van der Waals surface area contributed by atoms with Gasteiger partial charge in [-0.25, -0.2) is 4.98 Å². The van der Waals surface area contributed by atoms with E-state index in [0.717, 1.165) is 24.8 Å². The molecule has 1 unspecified atom stereocenters. The highest BCUT2D eigenvalue weighted by Gasteiger charge is 2.15. The summed E-state index contributed by atoms with van der Waals surface area (Å²) in [6, 6.07) is 0. The Morgan fingerprint density at radius 2 is 2.43 bits per heavy atom. The van der Waals surface area contributed by atoms with E-state index in [1.807, 2.05) is 6.20 Å². The molecular weight excluding hydrogens is 174 g/mol. The van der Waals surface area contributed by atoms with E-state index in [9.17, 15) is 0 Å². The summed E-state index contributed by atoms with van der Waals surface area (Å²) >= 11 is 0. The Balaban J connectivity index is 2.02. The minimum atomic E-state index is 0.787. The van der Waals surface area contributed by atoms with Gasteiger partial charge in [0, 0.05) is 18.4 Å². The van der Waals surface area contributed by atoms with Gasteiger partial charge in [-0.1, -0.05) is 0 Å². The highest BCUT2D eigenvalue weighted by atomic mass is 15.1. The molecule has 2 heterocycles. The van der Waals surface area contributed by atoms with Crippen LogP contribution in [0.1, 0.15) is 24.4 Å². The maximum Gasteiger partial charge on any atom is 0.105 e. The van der Waals surface area contributed by atoms with Gasteiger partial charge in [0.25, 0.3) is 0 Å². The average molecular weight is 193 g/mol. The molecule has 78 valence electrons. The van der Waals surface area contributed by atoms with Crippen LogP contribution < -0.4 is 5.32 Å². The van der Waals surface area contributed by atoms with Crippen molar-refractivity contribution < 1.29 is 0 Å². The molecule has 0 aliphatic carbocycles. The Hall–Kier alpha value is -0.830. The normalized spacial score (nSPS) is 22.6. The molecule has 0 aromatic carbocycles. The highest BCUT2D eigenvalue weighted by molar-refractivity contribution is 5.02. The molecule has 2 rings (SSSR count). The largest absolute Gasteiger partial charge is 0.332 e. The van der Waals surface area contributed by atoms with E-state index in [0.29, 0.717) is 0 Å². The number of nitrogens with zero attached hydrogens (tertiary/aromatic N) is 2. The quantitative estimate of drug-likeness (QED) is 0.771. The molecule has 1 N–H and O–H groups in total. The van der Waals surface area contributed by atoms with Crippen LogP contribution in [0.3, 0.4) is 0 Å². The number of imidazole rings is 1. The molecule has 3 nitrogen and oxygen atoms in total. The van der Waals surface area contributed by atoms with Crippen molar-refractivity contribution in [2.24, 2.45) is 5.92 Å². The number of aryl methyl sites for hydroxylation is 2. The molecule has 1 aromatic rings. The molecule has 3 heteroatoms. The number of rotatable bonds is 2. The van der Waals surface area contributed by atoms with Crippen LogP contribution in [0.15, 0.2) is 6.20 Å². The van der Waals surface area contributed by atoms with E-state index < -0.39 is 0 Å². The molecule has 0 saturated carbocycles. The minimum Gasteiger partial charge on any atom is -0.332 e. The summed E-state index contributed by atoms with van der Waals surface area (Å²) in [5, 5.41) is 3.45. The summed E-state index contributed by atoms with van der Waals surface area (Å²) in [6.45, 7) is 7.71. The van der Waals surface area contributed by atoms with Gasteiger partial charge in [0.2, 0.25) is 0 Å². The first-order chi connectivity index (χ1) is 6.77. The molecule has 0 spiro atoms. The maximum atomic E-state index is 4.32. The smallest absolute Gasteiger partial charge is 0.105 e. The second-order valence-corrected chi connectivity index (χ2v) is 4.27. The third-order valence-electron chi connectivity index (χ3n) is 3.09. The lowest BCUT2D eigenvalue weighted by Gasteiger charge is -2.24. The van der Waals surface area contributed by atoms with E-state index >= 15 is 0 Å². The Labute approximate surface area is 85.5 Å². The van der Waals surface area contributed by atoms with Gasteiger partial charge in [-0.2, -0.15) is 0 Å². The molecule has 0 radical (unpaired) electrons. The van der Waals surface area contributed by atoms with Crippen LogP contribution in [0.2, 0.25) is 0 Å². The molecular formula is C11H19N3. The first kappa shape index (κ1) is 9.71. The van der Waals surface area contributed by atoms with Gasteiger partial charge in [0.05, 0.1) is 0 Å². The van der Waals surface area contributed by atoms with Crippen molar-refractivity contribution in [2.45, 2.75) is 33.2 Å². The lowest BCUT2D eigenvalue weighted by molar-refractivity contribution is 0.333. The van der Waals surface area contributed by atoms with E-state index in [2.05, 4.69) is 28.7 Å². The zero-order chi connectivity index (χ0) is 9.97. The predicted molar refractivity (Wildman–Crippen MR) is 57.3 cm³/mol. The Morgan fingerprint density at radius 3 is 3.00 bits per heavy atom. The Kier molecular flexibility index (Phi) is 2.87. The number of hydrogen-bond donors (Lipinski definition) is 1. The lowest BCUT2D eigenvalue weighted by Crippen LogP contribution is -2.32. The lowest BCUT2D eigenvalue weighted by atomic mass is 9.99. The second-order valence-electron chi connectivity index (χ2n) is 4.27. The van der Waals surface area contributed by atoms with E-state index in [1.165, 1.54) is 25.1 Å². The molecule has 1 aromatic heterocycles. The van der Waals surface area contributed by atoms with Crippen molar-refractivity contribution in [3.8, 4) is 0 Å². The zero-order valence-electron chi connectivity index (χ0n) is 9.08. The third-order valence-corrected chi connectivity index (χ3v) is 3.09. The molecule has 1 saturated heterocycles. The summed E-state index contributed by atoms with van der Waals surface area (Å²) in [4.78, 5) is 4.32.